The number of carbonyl (C=O) groups excluding carboxylic acids is 1. The second kappa shape index (κ2) is 7.17. The highest BCUT2D eigenvalue weighted by Gasteiger charge is 2.29. The van der Waals surface area contributed by atoms with Crippen molar-refractivity contribution < 1.29 is 4.79 Å². The molecule has 0 aliphatic heterocycles. The van der Waals surface area contributed by atoms with Gasteiger partial charge in [0, 0.05) is 36.3 Å². The molecule has 0 saturated heterocycles. The van der Waals surface area contributed by atoms with Crippen LogP contribution in [0.25, 0.3) is 11.3 Å². The topological polar surface area (TPSA) is 86.9 Å². The van der Waals surface area contributed by atoms with E-state index < -0.39 is 5.91 Å². The summed E-state index contributed by atoms with van der Waals surface area (Å²) in [5.74, 6) is -0.767. The van der Waals surface area contributed by atoms with Crippen LogP contribution < -0.4 is 11.5 Å². The summed E-state index contributed by atoms with van der Waals surface area (Å²) in [6.07, 6.45) is 1.68. The van der Waals surface area contributed by atoms with Gasteiger partial charge >= 0.3 is 0 Å². The Labute approximate surface area is 159 Å². The number of nitrogens with two attached hydrogens (primary N) is 2. The first-order valence-corrected chi connectivity index (χ1v) is 9.07. The summed E-state index contributed by atoms with van der Waals surface area (Å²) < 4.78 is 2.19. The third-order valence-corrected chi connectivity index (χ3v) is 5.74. The average Bonchev–Trinajstić information content (AvgIpc) is 3.13. The fraction of sp³-hybridized carbons (Fsp3) is 0.176. The van der Waals surface area contributed by atoms with Crippen LogP contribution in [0.1, 0.15) is 26.7 Å². The van der Waals surface area contributed by atoms with Gasteiger partial charge in [-0.1, -0.05) is 35.3 Å². The molecule has 0 fully saturated rings. The number of amides is 1. The lowest BCUT2D eigenvalue weighted by atomic mass is 9.88. The van der Waals surface area contributed by atoms with E-state index in [4.69, 9.17) is 34.7 Å². The summed E-state index contributed by atoms with van der Waals surface area (Å²) in [6, 6.07) is 9.21. The zero-order valence-electron chi connectivity index (χ0n) is 13.4. The maximum atomic E-state index is 12.0. The smallest absolute Gasteiger partial charge is 0.259 e. The first-order valence-electron chi connectivity index (χ1n) is 7.50. The molecule has 0 bridgehead atoms. The minimum Gasteiger partial charge on any atom is -0.365 e. The SMILES string of the molecule is Cn1nccc1-c1c(Cl)sc(C(N)=O)c1C(CN)c1ccc(Cl)cc1. The molecule has 1 aromatic carbocycles. The Balaban J connectivity index is 2.27. The van der Waals surface area contributed by atoms with Gasteiger partial charge in [-0.25, -0.2) is 0 Å². The Kier molecular flexibility index (Phi) is 5.15. The summed E-state index contributed by atoms with van der Waals surface area (Å²) in [5.41, 5.74) is 14.9. The number of halogens is 2. The summed E-state index contributed by atoms with van der Waals surface area (Å²) in [4.78, 5) is 12.4. The van der Waals surface area contributed by atoms with Crippen LogP contribution in [-0.4, -0.2) is 22.2 Å². The number of primary amides is 1. The number of benzene rings is 1. The molecule has 0 aliphatic rings. The van der Waals surface area contributed by atoms with Gasteiger partial charge in [-0.3, -0.25) is 9.48 Å². The number of aryl methyl sites for hydroxylation is 1. The monoisotopic (exact) mass is 394 g/mol. The van der Waals surface area contributed by atoms with Crippen LogP contribution in [0.4, 0.5) is 0 Å². The lowest BCUT2D eigenvalue weighted by molar-refractivity contribution is 0.100. The number of aromatic nitrogens is 2. The highest BCUT2D eigenvalue weighted by Crippen LogP contribution is 2.45. The Morgan fingerprint density at radius 1 is 1.28 bits per heavy atom. The van der Waals surface area contributed by atoms with Crippen LogP contribution in [-0.2, 0) is 7.05 Å². The van der Waals surface area contributed by atoms with Crippen molar-refractivity contribution in [3.8, 4) is 11.3 Å². The first-order chi connectivity index (χ1) is 11.9. The summed E-state index contributed by atoms with van der Waals surface area (Å²) >= 11 is 13.6. The predicted molar refractivity (Wildman–Crippen MR) is 102 cm³/mol. The first kappa shape index (κ1) is 17.9. The highest BCUT2D eigenvalue weighted by molar-refractivity contribution is 7.18. The summed E-state index contributed by atoms with van der Waals surface area (Å²) in [5, 5.41) is 4.83. The lowest BCUT2D eigenvalue weighted by Gasteiger charge is -2.18. The van der Waals surface area contributed by atoms with E-state index in [1.165, 1.54) is 11.3 Å². The van der Waals surface area contributed by atoms with E-state index in [-0.39, 0.29) is 5.92 Å². The molecule has 0 saturated carbocycles. The largest absolute Gasteiger partial charge is 0.365 e. The summed E-state index contributed by atoms with van der Waals surface area (Å²) in [6.45, 7) is 0.291. The molecular weight excluding hydrogens is 379 g/mol. The fourth-order valence-electron chi connectivity index (χ4n) is 2.90. The number of thiophene rings is 1. The van der Waals surface area contributed by atoms with Gasteiger partial charge in [-0.05, 0) is 29.3 Å². The van der Waals surface area contributed by atoms with E-state index in [9.17, 15) is 4.79 Å². The van der Waals surface area contributed by atoms with E-state index in [1.807, 2.05) is 25.2 Å². The quantitative estimate of drug-likeness (QED) is 0.692. The Morgan fingerprint density at radius 3 is 2.48 bits per heavy atom. The number of carbonyl (C=O) groups is 1. The number of nitrogens with zero attached hydrogens (tertiary/aromatic N) is 2. The molecular formula is C17H16Cl2N4OS. The van der Waals surface area contributed by atoms with Crippen molar-refractivity contribution in [2.45, 2.75) is 5.92 Å². The highest BCUT2D eigenvalue weighted by atomic mass is 35.5. The second-order valence-corrected chi connectivity index (χ2v) is 7.60. The van der Waals surface area contributed by atoms with E-state index in [0.717, 1.165) is 22.4 Å². The molecule has 3 aromatic rings. The predicted octanol–water partition coefficient (Wildman–Crippen LogP) is 3.64. The molecule has 3 rings (SSSR count). The molecule has 130 valence electrons. The van der Waals surface area contributed by atoms with Gasteiger partial charge in [-0.15, -0.1) is 11.3 Å². The Hall–Kier alpha value is -1.86. The van der Waals surface area contributed by atoms with E-state index in [2.05, 4.69) is 5.10 Å². The Bertz CT molecular complexity index is 917. The third kappa shape index (κ3) is 3.30. The van der Waals surface area contributed by atoms with Gasteiger partial charge in [-0.2, -0.15) is 5.10 Å². The van der Waals surface area contributed by atoms with Crippen LogP contribution in [0.2, 0.25) is 9.36 Å². The zero-order valence-corrected chi connectivity index (χ0v) is 15.7. The van der Waals surface area contributed by atoms with E-state index >= 15 is 0 Å². The fourth-order valence-corrected chi connectivity index (χ4v) is 4.41. The van der Waals surface area contributed by atoms with E-state index in [1.54, 1.807) is 23.0 Å². The standard InChI is InChI=1S/C17H16Cl2N4OS/c1-23-12(6-7-22-23)14-13(15(17(21)24)25-16(14)19)11(8-20)9-2-4-10(18)5-3-9/h2-7,11H,8,20H2,1H3,(H2,21,24). The molecule has 0 spiro atoms. The molecule has 0 radical (unpaired) electrons. The van der Waals surface area contributed by atoms with Crippen LogP contribution >= 0.6 is 34.5 Å². The van der Waals surface area contributed by atoms with Crippen molar-refractivity contribution in [1.82, 2.24) is 9.78 Å². The van der Waals surface area contributed by atoms with Crippen molar-refractivity contribution in [1.29, 1.82) is 0 Å². The van der Waals surface area contributed by atoms with Crippen molar-refractivity contribution in [2.75, 3.05) is 6.54 Å². The number of hydrogen-bond acceptors (Lipinski definition) is 4. The van der Waals surface area contributed by atoms with Crippen molar-refractivity contribution in [3.05, 3.63) is 61.9 Å². The molecule has 25 heavy (non-hydrogen) atoms. The van der Waals surface area contributed by atoms with Gasteiger partial charge in [0.15, 0.2) is 0 Å². The normalized spacial score (nSPS) is 12.3. The number of rotatable bonds is 5. The molecule has 2 heterocycles. The third-order valence-electron chi connectivity index (χ3n) is 4.06. The molecule has 5 nitrogen and oxygen atoms in total. The van der Waals surface area contributed by atoms with Crippen LogP contribution in [0.15, 0.2) is 36.5 Å². The van der Waals surface area contributed by atoms with Gasteiger partial charge in [0.25, 0.3) is 5.91 Å². The van der Waals surface area contributed by atoms with Crippen LogP contribution in [0, 0.1) is 0 Å². The number of hydrogen-bond donors (Lipinski definition) is 2. The molecule has 1 unspecified atom stereocenters. The van der Waals surface area contributed by atoms with Crippen molar-refractivity contribution in [3.63, 3.8) is 0 Å². The lowest BCUT2D eigenvalue weighted by Crippen LogP contribution is -2.19. The molecule has 0 aliphatic carbocycles. The van der Waals surface area contributed by atoms with Gasteiger partial charge < -0.3 is 11.5 Å². The second-order valence-electron chi connectivity index (χ2n) is 5.54. The van der Waals surface area contributed by atoms with Crippen LogP contribution in [0.3, 0.4) is 0 Å². The molecule has 2 aromatic heterocycles. The molecule has 1 atom stereocenters. The van der Waals surface area contributed by atoms with Crippen LogP contribution in [0.5, 0.6) is 0 Å². The van der Waals surface area contributed by atoms with Gasteiger partial charge in [0.05, 0.1) is 10.6 Å². The maximum Gasteiger partial charge on any atom is 0.259 e. The average molecular weight is 395 g/mol. The molecule has 4 N–H and O–H groups in total. The summed E-state index contributed by atoms with van der Waals surface area (Å²) in [7, 11) is 1.82. The van der Waals surface area contributed by atoms with Crippen molar-refractivity contribution in [2.24, 2.45) is 18.5 Å². The molecule has 1 amide bonds. The minimum absolute atomic E-state index is 0.242. The van der Waals surface area contributed by atoms with Gasteiger partial charge in [0.1, 0.15) is 4.34 Å². The van der Waals surface area contributed by atoms with E-state index in [0.29, 0.717) is 20.8 Å². The van der Waals surface area contributed by atoms with Gasteiger partial charge in [0.2, 0.25) is 0 Å². The zero-order chi connectivity index (χ0) is 18.1. The molecule has 8 heteroatoms. The van der Waals surface area contributed by atoms with Crippen molar-refractivity contribution >= 4 is 40.4 Å². The minimum atomic E-state index is -0.525. The Morgan fingerprint density at radius 2 is 1.96 bits per heavy atom. The maximum absolute atomic E-state index is 12.0.